The van der Waals surface area contributed by atoms with Crippen LogP contribution in [0.3, 0.4) is 0 Å². The second-order valence-corrected chi connectivity index (χ2v) is 3.18. The molecular weight excluding hydrogens is 174 g/mol. The van der Waals surface area contributed by atoms with Crippen LogP contribution in [0.5, 0.6) is 0 Å². The standard InChI is InChI=1S/C8H15NO4/c1-8(6(9)11,7(12)13)4-2-3-5-10/h10H,2-5H2,1H3,(H2,9,11)(H,12,13). The highest BCUT2D eigenvalue weighted by atomic mass is 16.4. The second-order valence-electron chi connectivity index (χ2n) is 3.18. The fourth-order valence-electron chi connectivity index (χ4n) is 0.926. The van der Waals surface area contributed by atoms with E-state index < -0.39 is 17.3 Å². The van der Waals surface area contributed by atoms with Crippen molar-refractivity contribution in [1.82, 2.24) is 0 Å². The van der Waals surface area contributed by atoms with E-state index >= 15 is 0 Å². The fourth-order valence-corrected chi connectivity index (χ4v) is 0.926. The third-order valence-corrected chi connectivity index (χ3v) is 2.10. The Hall–Kier alpha value is -1.10. The van der Waals surface area contributed by atoms with Crippen molar-refractivity contribution in [3.63, 3.8) is 0 Å². The lowest BCUT2D eigenvalue weighted by atomic mass is 9.84. The van der Waals surface area contributed by atoms with Crippen molar-refractivity contribution in [3.8, 4) is 0 Å². The van der Waals surface area contributed by atoms with Crippen LogP contribution in [0.2, 0.25) is 0 Å². The molecule has 1 unspecified atom stereocenters. The van der Waals surface area contributed by atoms with Gasteiger partial charge < -0.3 is 15.9 Å². The average Bonchev–Trinajstić information content (AvgIpc) is 2.03. The Bertz CT molecular complexity index is 188. The number of carboxylic acids is 1. The van der Waals surface area contributed by atoms with E-state index in [1.54, 1.807) is 0 Å². The van der Waals surface area contributed by atoms with E-state index in [0.717, 1.165) is 0 Å². The number of carboxylic acid groups (broad SMARTS) is 1. The summed E-state index contributed by atoms with van der Waals surface area (Å²) in [7, 11) is 0. The number of unbranched alkanes of at least 4 members (excludes halogenated alkanes) is 1. The van der Waals surface area contributed by atoms with Crippen LogP contribution in [0.1, 0.15) is 26.2 Å². The van der Waals surface area contributed by atoms with E-state index in [2.05, 4.69) is 0 Å². The van der Waals surface area contributed by atoms with Crippen molar-refractivity contribution < 1.29 is 19.8 Å². The van der Waals surface area contributed by atoms with Gasteiger partial charge in [0.1, 0.15) is 5.41 Å². The van der Waals surface area contributed by atoms with Gasteiger partial charge in [0.15, 0.2) is 0 Å². The molecule has 0 aliphatic carbocycles. The average molecular weight is 189 g/mol. The zero-order chi connectivity index (χ0) is 10.5. The molecule has 5 heteroatoms. The van der Waals surface area contributed by atoms with Gasteiger partial charge in [0.2, 0.25) is 5.91 Å². The molecule has 0 rings (SSSR count). The molecular formula is C8H15NO4. The molecule has 1 atom stereocenters. The molecule has 0 spiro atoms. The lowest BCUT2D eigenvalue weighted by Crippen LogP contribution is -2.41. The van der Waals surface area contributed by atoms with Crippen LogP contribution in [0.4, 0.5) is 0 Å². The summed E-state index contributed by atoms with van der Waals surface area (Å²) in [4.78, 5) is 21.5. The number of primary amides is 1. The Balaban J connectivity index is 4.26. The summed E-state index contributed by atoms with van der Waals surface area (Å²) in [6, 6.07) is 0. The molecule has 0 fully saturated rings. The Labute approximate surface area is 76.5 Å². The maximum absolute atomic E-state index is 10.8. The van der Waals surface area contributed by atoms with Gasteiger partial charge in [-0.05, 0) is 26.2 Å². The number of aliphatic hydroxyl groups excluding tert-OH is 1. The van der Waals surface area contributed by atoms with Crippen LogP contribution in [0.25, 0.3) is 0 Å². The van der Waals surface area contributed by atoms with Crippen LogP contribution in [0, 0.1) is 5.41 Å². The van der Waals surface area contributed by atoms with Crippen molar-refractivity contribution in [2.24, 2.45) is 11.1 Å². The van der Waals surface area contributed by atoms with E-state index in [9.17, 15) is 9.59 Å². The number of hydrogen-bond acceptors (Lipinski definition) is 3. The number of carbonyl (C=O) groups is 2. The lowest BCUT2D eigenvalue weighted by Gasteiger charge is -2.20. The summed E-state index contributed by atoms with van der Waals surface area (Å²) in [5, 5.41) is 17.2. The summed E-state index contributed by atoms with van der Waals surface area (Å²) in [5.74, 6) is -2.05. The lowest BCUT2D eigenvalue weighted by molar-refractivity contribution is -0.154. The molecule has 0 heterocycles. The van der Waals surface area contributed by atoms with Gasteiger partial charge in [0.05, 0.1) is 0 Å². The molecule has 1 amide bonds. The van der Waals surface area contributed by atoms with Gasteiger partial charge in [-0.15, -0.1) is 0 Å². The monoisotopic (exact) mass is 189 g/mol. The van der Waals surface area contributed by atoms with Crippen LogP contribution in [-0.2, 0) is 9.59 Å². The molecule has 13 heavy (non-hydrogen) atoms. The number of hydrogen-bond donors (Lipinski definition) is 3. The molecule has 0 aliphatic rings. The van der Waals surface area contributed by atoms with Crippen LogP contribution < -0.4 is 5.73 Å². The maximum atomic E-state index is 10.8. The zero-order valence-corrected chi connectivity index (χ0v) is 7.62. The molecule has 0 aromatic carbocycles. The van der Waals surface area contributed by atoms with Gasteiger partial charge in [-0.3, -0.25) is 9.59 Å². The number of rotatable bonds is 6. The van der Waals surface area contributed by atoms with Gasteiger partial charge in [-0.1, -0.05) is 0 Å². The highest BCUT2D eigenvalue weighted by Crippen LogP contribution is 2.23. The molecule has 0 aliphatic heterocycles. The number of aliphatic hydroxyl groups is 1. The van der Waals surface area contributed by atoms with Crippen molar-refractivity contribution in [2.75, 3.05) is 6.61 Å². The van der Waals surface area contributed by atoms with Crippen LogP contribution in [-0.4, -0.2) is 28.7 Å². The first-order valence-electron chi connectivity index (χ1n) is 4.09. The van der Waals surface area contributed by atoms with Gasteiger partial charge in [-0.2, -0.15) is 0 Å². The second kappa shape index (κ2) is 4.81. The van der Waals surface area contributed by atoms with Gasteiger partial charge in [-0.25, -0.2) is 0 Å². The van der Waals surface area contributed by atoms with E-state index in [0.29, 0.717) is 12.8 Å². The van der Waals surface area contributed by atoms with Crippen molar-refractivity contribution >= 4 is 11.9 Å². The van der Waals surface area contributed by atoms with Crippen LogP contribution >= 0.6 is 0 Å². The summed E-state index contributed by atoms with van der Waals surface area (Å²) in [6.07, 6.45) is 1.12. The Kier molecular flexibility index (Phi) is 4.40. The SMILES string of the molecule is CC(CCCCO)(C(N)=O)C(=O)O. The van der Waals surface area contributed by atoms with Crippen molar-refractivity contribution in [2.45, 2.75) is 26.2 Å². The largest absolute Gasteiger partial charge is 0.480 e. The summed E-state index contributed by atoms with van der Waals surface area (Å²) >= 11 is 0. The number of amides is 1. The van der Waals surface area contributed by atoms with E-state index in [-0.39, 0.29) is 13.0 Å². The molecule has 0 bridgehead atoms. The number of carbonyl (C=O) groups excluding carboxylic acids is 1. The highest BCUT2D eigenvalue weighted by molar-refractivity contribution is 6.00. The molecule has 5 nitrogen and oxygen atoms in total. The quantitative estimate of drug-likeness (QED) is 0.395. The molecule has 0 aromatic rings. The number of aliphatic carboxylic acids is 1. The van der Waals surface area contributed by atoms with Gasteiger partial charge >= 0.3 is 5.97 Å². The molecule has 4 N–H and O–H groups in total. The van der Waals surface area contributed by atoms with E-state index in [1.807, 2.05) is 0 Å². The topological polar surface area (TPSA) is 101 Å². The summed E-state index contributed by atoms with van der Waals surface area (Å²) in [5.41, 5.74) is 3.47. The van der Waals surface area contributed by atoms with Crippen molar-refractivity contribution in [3.05, 3.63) is 0 Å². The van der Waals surface area contributed by atoms with E-state index in [1.165, 1.54) is 6.92 Å². The van der Waals surface area contributed by atoms with Gasteiger partial charge in [0, 0.05) is 6.61 Å². The summed E-state index contributed by atoms with van der Waals surface area (Å²) in [6.45, 7) is 1.30. The Morgan fingerprint density at radius 2 is 1.92 bits per heavy atom. The van der Waals surface area contributed by atoms with Crippen LogP contribution in [0.15, 0.2) is 0 Å². The highest BCUT2D eigenvalue weighted by Gasteiger charge is 2.38. The Morgan fingerprint density at radius 3 is 2.23 bits per heavy atom. The van der Waals surface area contributed by atoms with Gasteiger partial charge in [0.25, 0.3) is 0 Å². The molecule has 0 aromatic heterocycles. The zero-order valence-electron chi connectivity index (χ0n) is 7.62. The van der Waals surface area contributed by atoms with E-state index in [4.69, 9.17) is 15.9 Å². The third-order valence-electron chi connectivity index (χ3n) is 2.10. The predicted molar refractivity (Wildman–Crippen MR) is 45.9 cm³/mol. The molecule has 76 valence electrons. The first-order chi connectivity index (χ1) is 5.95. The molecule has 0 saturated carbocycles. The maximum Gasteiger partial charge on any atom is 0.318 e. The molecule has 0 saturated heterocycles. The summed E-state index contributed by atoms with van der Waals surface area (Å²) < 4.78 is 0. The fraction of sp³-hybridized carbons (Fsp3) is 0.750. The smallest absolute Gasteiger partial charge is 0.318 e. The normalized spacial score (nSPS) is 14.9. The first kappa shape index (κ1) is 11.9. The first-order valence-corrected chi connectivity index (χ1v) is 4.09. The number of nitrogens with two attached hydrogens (primary N) is 1. The Morgan fingerprint density at radius 1 is 1.38 bits per heavy atom. The molecule has 0 radical (unpaired) electrons. The third kappa shape index (κ3) is 3.02. The predicted octanol–water partition coefficient (Wildman–Crippen LogP) is -0.275. The minimum Gasteiger partial charge on any atom is -0.480 e. The minimum atomic E-state index is -1.50. The minimum absolute atomic E-state index is 0.00550. The van der Waals surface area contributed by atoms with Crippen molar-refractivity contribution in [1.29, 1.82) is 0 Å².